The Morgan fingerprint density at radius 2 is 1.46 bits per heavy atom. The van der Waals surface area contributed by atoms with Crippen LogP contribution in [0.2, 0.25) is 0 Å². The summed E-state index contributed by atoms with van der Waals surface area (Å²) in [5.74, 6) is -1.06. The predicted octanol–water partition coefficient (Wildman–Crippen LogP) is 4.12. The molecule has 0 aromatic heterocycles. The van der Waals surface area contributed by atoms with Crippen LogP contribution >= 0.6 is 0 Å². The lowest BCUT2D eigenvalue weighted by Crippen LogP contribution is -2.47. The van der Waals surface area contributed by atoms with Crippen LogP contribution in [-0.2, 0) is 22.5 Å². The summed E-state index contributed by atoms with van der Waals surface area (Å²) < 4.78 is 5.46. The van der Waals surface area contributed by atoms with Gasteiger partial charge in [-0.05, 0) is 31.9 Å². The highest BCUT2D eigenvalue weighted by Crippen LogP contribution is 2.18. The van der Waals surface area contributed by atoms with Gasteiger partial charge in [0.25, 0.3) is 0 Å². The Kier molecular flexibility index (Phi) is 6.39. The van der Waals surface area contributed by atoms with Gasteiger partial charge in [-0.1, -0.05) is 60.7 Å². The average molecular weight is 355 g/mol. The molecule has 0 spiro atoms. The molecule has 138 valence electrons. The maximum atomic E-state index is 12.7. The number of hydrogen-bond donors (Lipinski definition) is 1. The van der Waals surface area contributed by atoms with E-state index in [-0.39, 0.29) is 13.0 Å². The molecule has 0 bridgehead atoms. The van der Waals surface area contributed by atoms with Gasteiger partial charge in [0.2, 0.25) is 0 Å². The van der Waals surface area contributed by atoms with Crippen molar-refractivity contribution >= 4 is 12.1 Å². The predicted molar refractivity (Wildman–Crippen MR) is 99.8 cm³/mol. The lowest BCUT2D eigenvalue weighted by Gasteiger charge is -2.31. The highest BCUT2D eigenvalue weighted by molar-refractivity contribution is 5.80. The second kappa shape index (κ2) is 8.52. The summed E-state index contributed by atoms with van der Waals surface area (Å²) >= 11 is 0. The monoisotopic (exact) mass is 355 g/mol. The van der Waals surface area contributed by atoms with Crippen molar-refractivity contribution in [1.82, 2.24) is 4.90 Å². The standard InChI is InChI=1S/C21H25NO4/c1-21(2,3)26-20(25)22(15-17-12-8-5-9-13-17)18(19(23)24)14-16-10-6-4-7-11-16/h4-13,18H,14-15H2,1-3H3,(H,23,24)/t18-/m0/s1. The Bertz CT molecular complexity index is 723. The summed E-state index contributed by atoms with van der Waals surface area (Å²) in [7, 11) is 0. The van der Waals surface area contributed by atoms with Crippen LogP contribution in [0.25, 0.3) is 0 Å². The van der Waals surface area contributed by atoms with Crippen LogP contribution in [0.4, 0.5) is 4.79 Å². The molecular formula is C21H25NO4. The number of nitrogens with zero attached hydrogens (tertiary/aromatic N) is 1. The van der Waals surface area contributed by atoms with E-state index in [1.165, 1.54) is 4.90 Å². The average Bonchev–Trinajstić information content (AvgIpc) is 2.58. The van der Waals surface area contributed by atoms with Crippen molar-refractivity contribution in [3.8, 4) is 0 Å². The van der Waals surface area contributed by atoms with Gasteiger partial charge in [-0.2, -0.15) is 0 Å². The Balaban J connectivity index is 2.31. The van der Waals surface area contributed by atoms with E-state index in [1.54, 1.807) is 20.8 Å². The molecule has 0 saturated heterocycles. The third-order valence-corrected chi connectivity index (χ3v) is 3.76. The summed E-state index contributed by atoms with van der Waals surface area (Å²) in [5, 5.41) is 9.78. The van der Waals surface area contributed by atoms with Gasteiger partial charge in [0.05, 0.1) is 0 Å². The fraction of sp³-hybridized carbons (Fsp3) is 0.333. The zero-order valence-corrected chi connectivity index (χ0v) is 15.4. The number of carbonyl (C=O) groups excluding carboxylic acids is 1. The Morgan fingerprint density at radius 3 is 1.92 bits per heavy atom. The van der Waals surface area contributed by atoms with Gasteiger partial charge < -0.3 is 9.84 Å². The minimum absolute atomic E-state index is 0.166. The van der Waals surface area contributed by atoms with E-state index in [9.17, 15) is 14.7 Å². The number of amides is 1. The van der Waals surface area contributed by atoms with Crippen LogP contribution in [0.3, 0.4) is 0 Å². The first-order valence-electron chi connectivity index (χ1n) is 8.56. The van der Waals surface area contributed by atoms with Crippen LogP contribution in [0.5, 0.6) is 0 Å². The van der Waals surface area contributed by atoms with Gasteiger partial charge in [0.1, 0.15) is 11.6 Å². The summed E-state index contributed by atoms with van der Waals surface area (Å²) in [6, 6.07) is 17.6. The zero-order chi connectivity index (χ0) is 19.2. The van der Waals surface area contributed by atoms with E-state index in [0.29, 0.717) is 0 Å². The SMILES string of the molecule is CC(C)(C)OC(=O)N(Cc1ccccc1)[C@@H](Cc1ccccc1)C(=O)O. The van der Waals surface area contributed by atoms with Gasteiger partial charge in [-0.25, -0.2) is 9.59 Å². The molecule has 2 aromatic rings. The van der Waals surface area contributed by atoms with Gasteiger partial charge >= 0.3 is 12.1 Å². The molecule has 5 nitrogen and oxygen atoms in total. The van der Waals surface area contributed by atoms with Crippen molar-refractivity contribution in [2.24, 2.45) is 0 Å². The summed E-state index contributed by atoms with van der Waals surface area (Å²) in [4.78, 5) is 26.0. The van der Waals surface area contributed by atoms with Crippen molar-refractivity contribution < 1.29 is 19.4 Å². The van der Waals surface area contributed by atoms with E-state index in [4.69, 9.17) is 4.74 Å². The van der Waals surface area contributed by atoms with Crippen molar-refractivity contribution in [2.75, 3.05) is 0 Å². The normalized spacial score (nSPS) is 12.3. The van der Waals surface area contributed by atoms with Crippen LogP contribution in [0, 0.1) is 0 Å². The van der Waals surface area contributed by atoms with E-state index >= 15 is 0 Å². The smallest absolute Gasteiger partial charge is 0.411 e. The lowest BCUT2D eigenvalue weighted by atomic mass is 10.0. The number of carboxylic acid groups (broad SMARTS) is 1. The molecular weight excluding hydrogens is 330 g/mol. The maximum absolute atomic E-state index is 12.7. The molecule has 0 heterocycles. The number of aliphatic carboxylic acids is 1. The van der Waals surface area contributed by atoms with Crippen molar-refractivity contribution in [3.05, 3.63) is 71.8 Å². The second-order valence-electron chi connectivity index (χ2n) is 7.14. The Morgan fingerprint density at radius 1 is 0.962 bits per heavy atom. The largest absolute Gasteiger partial charge is 0.480 e. The molecule has 0 fully saturated rings. The van der Waals surface area contributed by atoms with E-state index in [2.05, 4.69) is 0 Å². The van der Waals surface area contributed by atoms with Crippen molar-refractivity contribution in [3.63, 3.8) is 0 Å². The van der Waals surface area contributed by atoms with Gasteiger partial charge in [-0.15, -0.1) is 0 Å². The molecule has 2 aromatic carbocycles. The maximum Gasteiger partial charge on any atom is 0.411 e. The van der Waals surface area contributed by atoms with Crippen molar-refractivity contribution in [2.45, 2.75) is 45.4 Å². The number of rotatable bonds is 6. The Labute approximate surface area is 154 Å². The third-order valence-electron chi connectivity index (χ3n) is 3.76. The zero-order valence-electron chi connectivity index (χ0n) is 15.4. The summed E-state index contributed by atoms with van der Waals surface area (Å²) in [5.41, 5.74) is 0.987. The Hall–Kier alpha value is -2.82. The molecule has 0 radical (unpaired) electrons. The molecule has 1 N–H and O–H groups in total. The molecule has 0 unspecified atom stereocenters. The van der Waals surface area contributed by atoms with Crippen molar-refractivity contribution in [1.29, 1.82) is 0 Å². The van der Waals surface area contributed by atoms with Crippen LogP contribution < -0.4 is 0 Å². The first-order chi connectivity index (χ1) is 12.3. The van der Waals surface area contributed by atoms with Crippen LogP contribution in [0.1, 0.15) is 31.9 Å². The third kappa shape index (κ3) is 5.92. The van der Waals surface area contributed by atoms with Gasteiger partial charge in [0, 0.05) is 13.0 Å². The molecule has 0 aliphatic rings. The van der Waals surface area contributed by atoms with Crippen LogP contribution in [0.15, 0.2) is 60.7 Å². The fourth-order valence-corrected chi connectivity index (χ4v) is 2.57. The minimum Gasteiger partial charge on any atom is -0.480 e. The number of carboxylic acids is 1. The fourth-order valence-electron chi connectivity index (χ4n) is 2.57. The van der Waals surface area contributed by atoms with E-state index in [1.807, 2.05) is 60.7 Å². The summed E-state index contributed by atoms with van der Waals surface area (Å²) in [6.45, 7) is 5.45. The minimum atomic E-state index is -1.06. The second-order valence-corrected chi connectivity index (χ2v) is 7.14. The van der Waals surface area contributed by atoms with Crippen LogP contribution in [-0.4, -0.2) is 33.7 Å². The highest BCUT2D eigenvalue weighted by Gasteiger charge is 2.33. The topological polar surface area (TPSA) is 66.8 Å². The first kappa shape index (κ1) is 19.5. The number of carbonyl (C=O) groups is 2. The number of ether oxygens (including phenoxy) is 1. The molecule has 1 atom stereocenters. The quantitative estimate of drug-likeness (QED) is 0.846. The molecule has 1 amide bonds. The van der Waals surface area contributed by atoms with Gasteiger partial charge in [-0.3, -0.25) is 4.90 Å². The molecule has 2 rings (SSSR count). The molecule has 0 aliphatic carbocycles. The molecule has 0 aliphatic heterocycles. The summed E-state index contributed by atoms with van der Waals surface area (Å²) in [6.07, 6.45) is -0.424. The molecule has 26 heavy (non-hydrogen) atoms. The first-order valence-corrected chi connectivity index (χ1v) is 8.56. The highest BCUT2D eigenvalue weighted by atomic mass is 16.6. The van der Waals surface area contributed by atoms with E-state index in [0.717, 1.165) is 11.1 Å². The molecule has 0 saturated carbocycles. The van der Waals surface area contributed by atoms with Gasteiger partial charge in [0.15, 0.2) is 0 Å². The lowest BCUT2D eigenvalue weighted by molar-refractivity contribution is -0.143. The number of hydrogen-bond acceptors (Lipinski definition) is 3. The molecule has 5 heteroatoms. The van der Waals surface area contributed by atoms with E-state index < -0.39 is 23.7 Å². The number of benzene rings is 2.